The van der Waals surface area contributed by atoms with Gasteiger partial charge < -0.3 is 37.9 Å². The maximum atomic E-state index is 12.3. The van der Waals surface area contributed by atoms with Gasteiger partial charge in [-0.3, -0.25) is 9.59 Å². The molecule has 6 aromatic rings. The van der Waals surface area contributed by atoms with Crippen molar-refractivity contribution >= 4 is 58.7 Å². The summed E-state index contributed by atoms with van der Waals surface area (Å²) in [6.45, 7) is 32.4. The molecule has 0 atom stereocenters. The molecule has 0 radical (unpaired) electrons. The van der Waals surface area contributed by atoms with Crippen LogP contribution < -0.4 is 5.46 Å². The van der Waals surface area contributed by atoms with E-state index < -0.39 is 20.4 Å². The first kappa shape index (κ1) is 54.8. The molecule has 0 bridgehead atoms. The predicted molar refractivity (Wildman–Crippen MR) is 285 cm³/mol. The molecule has 0 aliphatic carbocycles. The molecule has 16 nitrogen and oxygen atoms in total. The van der Waals surface area contributed by atoms with Gasteiger partial charge >= 0.3 is 14.2 Å². The van der Waals surface area contributed by atoms with E-state index in [9.17, 15) is 9.59 Å². The molecule has 0 unspecified atom stereocenters. The Bertz CT molecular complexity index is 2970. The smallest absolute Gasteiger partial charge is 0.400 e. The fraction of sp³-hybridized carbons (Fsp3) is 0.509. The molecule has 7 heterocycles. The van der Waals surface area contributed by atoms with E-state index in [2.05, 4.69) is 77.7 Å². The molecule has 0 N–H and O–H groups in total. The number of amides is 2. The first-order valence-corrected chi connectivity index (χ1v) is 25.1. The minimum absolute atomic E-state index is 0.113. The summed E-state index contributed by atoms with van der Waals surface area (Å²) in [6.07, 6.45) is -0.476. The van der Waals surface area contributed by atoms with Crippen molar-refractivity contribution in [2.45, 2.75) is 151 Å². The Morgan fingerprint density at radius 3 is 1.32 bits per heavy atom. The summed E-state index contributed by atoms with van der Waals surface area (Å²) in [7, 11) is 6.00. The maximum Gasteiger partial charge on any atom is 0.517 e. The van der Waals surface area contributed by atoms with Crippen LogP contribution in [-0.2, 0) is 28.1 Å². The molecule has 3 fully saturated rings. The van der Waals surface area contributed by atoms with Crippen molar-refractivity contribution in [3.63, 3.8) is 0 Å². The summed E-state index contributed by atoms with van der Waals surface area (Å²) in [6, 6.07) is 19.6. The van der Waals surface area contributed by atoms with Crippen LogP contribution in [0.1, 0.15) is 127 Å². The Labute approximate surface area is 433 Å². The fourth-order valence-corrected chi connectivity index (χ4v) is 8.68. The Morgan fingerprint density at radius 1 is 0.542 bits per heavy atom. The van der Waals surface area contributed by atoms with Crippen LogP contribution in [0.3, 0.4) is 0 Å². The van der Waals surface area contributed by atoms with Crippen molar-refractivity contribution in [2.75, 3.05) is 28.2 Å². The van der Waals surface area contributed by atoms with Crippen LogP contribution in [0.2, 0.25) is 0 Å². The Kier molecular flexibility index (Phi) is 14.7. The van der Waals surface area contributed by atoms with Gasteiger partial charge in [-0.15, -0.1) is 0 Å². The van der Waals surface area contributed by atoms with E-state index in [1.165, 1.54) is 9.80 Å². The number of hydrogen-bond donors (Lipinski definition) is 0. The second kappa shape index (κ2) is 19.4. The number of hydrogen-bond acceptors (Lipinski definition) is 12. The third-order valence-corrected chi connectivity index (χ3v) is 15.2. The monoisotopic (exact) mass is 1050 g/mol. The quantitative estimate of drug-likeness (QED) is 0.146. The lowest BCUT2D eigenvalue weighted by Crippen LogP contribution is -2.41. The van der Waals surface area contributed by atoms with Gasteiger partial charge in [-0.05, 0) is 152 Å². The normalized spacial score (nSPS) is 19.2. The van der Waals surface area contributed by atoms with Gasteiger partial charge in [-0.1, -0.05) is 40.2 Å². The van der Waals surface area contributed by atoms with E-state index in [1.807, 2.05) is 113 Å². The van der Waals surface area contributed by atoms with Crippen molar-refractivity contribution in [3.05, 3.63) is 99.0 Å². The Balaban J connectivity index is 0.000000165. The fourth-order valence-electron chi connectivity index (χ4n) is 8.20. The summed E-state index contributed by atoms with van der Waals surface area (Å²) in [5.41, 5.74) is 8.59. The van der Waals surface area contributed by atoms with Crippen molar-refractivity contribution in [1.82, 2.24) is 39.0 Å². The molecule has 4 aromatic heterocycles. The van der Waals surface area contributed by atoms with Gasteiger partial charge in [0.05, 0.1) is 45.0 Å². The van der Waals surface area contributed by atoms with E-state index in [0.29, 0.717) is 22.7 Å². The minimum atomic E-state index is -0.476. The number of carbonyl (C=O) groups excluding carboxylic acids is 2. The van der Waals surface area contributed by atoms with Crippen LogP contribution in [-0.4, -0.2) is 133 Å². The first-order chi connectivity index (χ1) is 33.1. The van der Waals surface area contributed by atoms with E-state index in [4.69, 9.17) is 33.2 Å². The first-order valence-electron chi connectivity index (χ1n) is 24.3. The lowest BCUT2D eigenvalue weighted by molar-refractivity contribution is -0.0525. The second-order valence-corrected chi connectivity index (χ2v) is 23.4. The van der Waals surface area contributed by atoms with Gasteiger partial charge in [-0.25, -0.2) is 19.0 Å². The number of aromatic nitrogens is 6. The SMILES string of the molecule is CC1(C)OB(C2OC(C)(C)C(C)(C)O2)OC1(C)C.Cc1cc(B2OC(C)(C)C(C)(C)O2)ccc1-c1cc2nc(C(=O)N(C)C)cc(C)n2n1.Cc1cc(Br)ccc1-c1cc2nc(C(=O)N(C)C)cc(C)n2n1. The zero-order chi connectivity index (χ0) is 53.4. The van der Waals surface area contributed by atoms with E-state index in [0.717, 1.165) is 55.0 Å². The van der Waals surface area contributed by atoms with Crippen LogP contribution in [0, 0.1) is 27.7 Å². The average molecular weight is 1050 g/mol. The molecule has 72 heavy (non-hydrogen) atoms. The van der Waals surface area contributed by atoms with Gasteiger partial charge in [0, 0.05) is 67.3 Å². The number of nitrogens with zero attached hydrogens (tertiary/aromatic N) is 8. The third-order valence-electron chi connectivity index (χ3n) is 14.7. The molecule has 384 valence electrons. The number of halogens is 1. The van der Waals surface area contributed by atoms with Gasteiger partial charge in [0.25, 0.3) is 11.8 Å². The summed E-state index contributed by atoms with van der Waals surface area (Å²) < 4.78 is 40.8. The molecular formula is C53H71B2BrN8O8. The number of benzene rings is 2. The molecular weight excluding hydrogens is 978 g/mol. The number of ether oxygens (including phenoxy) is 2. The summed E-state index contributed by atoms with van der Waals surface area (Å²) in [5.74, 6) is -0.241. The van der Waals surface area contributed by atoms with Crippen LogP contribution in [0.4, 0.5) is 0 Å². The van der Waals surface area contributed by atoms with Gasteiger partial charge in [-0.2, -0.15) is 10.2 Å². The van der Waals surface area contributed by atoms with Crippen molar-refractivity contribution in [2.24, 2.45) is 0 Å². The molecule has 9 rings (SSSR count). The van der Waals surface area contributed by atoms with E-state index in [-0.39, 0.29) is 45.4 Å². The Hall–Kier alpha value is -5.01. The van der Waals surface area contributed by atoms with Crippen LogP contribution in [0.15, 0.2) is 65.1 Å². The Morgan fingerprint density at radius 2 is 0.931 bits per heavy atom. The largest absolute Gasteiger partial charge is 0.517 e. The zero-order valence-corrected chi connectivity index (χ0v) is 47.3. The highest BCUT2D eigenvalue weighted by atomic mass is 79.9. The highest BCUT2D eigenvalue weighted by molar-refractivity contribution is 9.10. The molecule has 0 saturated carbocycles. The number of fused-ring (bicyclic) bond motifs is 2. The van der Waals surface area contributed by atoms with Gasteiger partial charge in [0.2, 0.25) is 0 Å². The van der Waals surface area contributed by atoms with Crippen LogP contribution >= 0.6 is 15.9 Å². The topological polar surface area (TPSA) is 156 Å². The summed E-state index contributed by atoms with van der Waals surface area (Å²) in [4.78, 5) is 36.5. The van der Waals surface area contributed by atoms with Crippen molar-refractivity contribution in [1.29, 1.82) is 0 Å². The van der Waals surface area contributed by atoms with Gasteiger partial charge in [0.15, 0.2) is 17.5 Å². The number of aryl methyl sites for hydroxylation is 4. The molecule has 0 spiro atoms. The van der Waals surface area contributed by atoms with Gasteiger partial charge in [0.1, 0.15) is 11.4 Å². The maximum absolute atomic E-state index is 12.3. The molecule has 3 aliphatic rings. The van der Waals surface area contributed by atoms with Crippen LogP contribution in [0.5, 0.6) is 0 Å². The number of carbonyl (C=O) groups is 2. The highest BCUT2D eigenvalue weighted by Crippen LogP contribution is 2.44. The van der Waals surface area contributed by atoms with E-state index in [1.54, 1.807) is 49.4 Å². The average Bonchev–Trinajstić information content (AvgIpc) is 4.04. The van der Waals surface area contributed by atoms with Crippen molar-refractivity contribution in [3.8, 4) is 22.5 Å². The second-order valence-electron chi connectivity index (χ2n) is 22.4. The van der Waals surface area contributed by atoms with Crippen LogP contribution in [0.25, 0.3) is 33.8 Å². The molecule has 3 saturated heterocycles. The predicted octanol–water partition coefficient (Wildman–Crippen LogP) is 9.04. The molecule has 2 aromatic carbocycles. The zero-order valence-electron chi connectivity index (χ0n) is 45.7. The van der Waals surface area contributed by atoms with E-state index >= 15 is 0 Å². The third kappa shape index (κ3) is 10.7. The summed E-state index contributed by atoms with van der Waals surface area (Å²) in [5, 5.41) is 9.36. The molecule has 2 amide bonds. The highest BCUT2D eigenvalue weighted by Gasteiger charge is 2.61. The van der Waals surface area contributed by atoms with Crippen molar-refractivity contribution < 1.29 is 37.7 Å². The number of rotatable bonds is 6. The summed E-state index contributed by atoms with van der Waals surface area (Å²) >= 11 is 3.47. The minimum Gasteiger partial charge on any atom is -0.400 e. The lowest BCUT2D eigenvalue weighted by Gasteiger charge is -2.32. The standard InChI is InChI=1S/C23H29BN4O3.C17H17BrN4O.C13H25BO4/c1-14-11-16(24-30-22(3,4)23(5,6)31-24)9-10-17(14)18-13-20-25-19(21(29)27(7)8)12-15(2)28(20)26-18;1-10-7-12(18)5-6-13(10)14-9-16-19-15(17(23)21(3)4)8-11(2)22(16)20-14;1-10(2)11(3,4)16-9(15-10)14-17-12(5,6)13(7,8)18-14/h9-13H,1-8H3;5-9H,1-4H3;9H,1-8H3. The molecule has 19 heteroatoms. The lowest BCUT2D eigenvalue weighted by atomic mass is 9.77. The molecule has 3 aliphatic heterocycles.